The second kappa shape index (κ2) is 5.99. The van der Waals surface area contributed by atoms with E-state index in [1.54, 1.807) is 29.2 Å². The van der Waals surface area contributed by atoms with Crippen molar-refractivity contribution in [1.29, 1.82) is 0 Å². The molecule has 1 aromatic carbocycles. The maximum Gasteiger partial charge on any atom is 0.387 e. The normalized spacial score (nSPS) is 15.7. The average Bonchev–Trinajstić information content (AvgIpc) is 2.82. The fraction of sp³-hybridized carbons (Fsp3) is 0.308. The largest absolute Gasteiger partial charge is 0.387 e. The van der Waals surface area contributed by atoms with E-state index >= 15 is 0 Å². The monoisotopic (exact) mass is 262 g/mol. The fourth-order valence-corrected chi connectivity index (χ4v) is 1.85. The molecule has 1 aromatic rings. The first-order chi connectivity index (χ1) is 9.16. The van der Waals surface area contributed by atoms with Crippen molar-refractivity contribution in [2.45, 2.75) is 12.8 Å². The first kappa shape index (κ1) is 13.1. The second-order valence-corrected chi connectivity index (χ2v) is 4.30. The third-order valence-electron chi connectivity index (χ3n) is 2.82. The molecular weight excluding hydrogens is 246 g/mol. The van der Waals surface area contributed by atoms with Crippen molar-refractivity contribution in [2.24, 2.45) is 5.73 Å². The number of nitrogens with one attached hydrogen (secondary N) is 1. The summed E-state index contributed by atoms with van der Waals surface area (Å²) >= 11 is 0. The van der Waals surface area contributed by atoms with Crippen LogP contribution < -0.4 is 10.9 Å². The number of carbonyl (C=O) groups excluding carboxylic acids is 2. The van der Waals surface area contributed by atoms with Gasteiger partial charge in [0.25, 0.3) is 5.84 Å². The summed E-state index contributed by atoms with van der Waals surface area (Å²) in [6.07, 6.45) is 1.40. The Morgan fingerprint density at radius 2 is 2.11 bits per heavy atom. The van der Waals surface area contributed by atoms with Crippen LogP contribution in [0.4, 0.5) is 0 Å². The predicted molar refractivity (Wildman–Crippen MR) is 67.8 cm³/mol. The van der Waals surface area contributed by atoms with Gasteiger partial charge in [-0.15, -0.1) is 0 Å². The summed E-state index contributed by atoms with van der Waals surface area (Å²) < 4.78 is 0. The number of rotatable bonds is 4. The summed E-state index contributed by atoms with van der Waals surface area (Å²) in [6.45, 7) is 0.939. The number of amidine groups is 1. The molecule has 1 aliphatic rings. The van der Waals surface area contributed by atoms with Gasteiger partial charge in [-0.05, 0) is 18.6 Å². The van der Waals surface area contributed by atoms with Crippen LogP contribution in [0.3, 0.4) is 0 Å². The number of benzene rings is 1. The number of carbonyl (C=O) groups is 2. The maximum absolute atomic E-state index is 11.6. The van der Waals surface area contributed by atoms with E-state index in [-0.39, 0.29) is 18.3 Å². The van der Waals surface area contributed by atoms with Gasteiger partial charge >= 0.3 is 5.97 Å². The van der Waals surface area contributed by atoms with Crippen LogP contribution in [0, 0.1) is 0 Å². The molecule has 6 heteroatoms. The summed E-state index contributed by atoms with van der Waals surface area (Å²) in [5.74, 6) is -0.213. The van der Waals surface area contributed by atoms with E-state index in [0.29, 0.717) is 18.5 Å². The van der Waals surface area contributed by atoms with Crippen molar-refractivity contribution >= 4 is 17.7 Å². The first-order valence-corrected chi connectivity index (χ1v) is 6.08. The minimum absolute atomic E-state index is 0.0686. The Kier molecular flexibility index (Phi) is 4.12. The average molecular weight is 262 g/mol. The summed E-state index contributed by atoms with van der Waals surface area (Å²) in [5.41, 5.74) is 6.11. The van der Waals surface area contributed by atoms with Crippen molar-refractivity contribution in [2.75, 3.05) is 13.1 Å². The highest BCUT2D eigenvalue weighted by Gasteiger charge is 2.22. The summed E-state index contributed by atoms with van der Waals surface area (Å²) in [7, 11) is 0. The number of nitrogens with zero attached hydrogens (tertiary/aromatic N) is 1. The van der Waals surface area contributed by atoms with Crippen molar-refractivity contribution in [3.05, 3.63) is 35.9 Å². The van der Waals surface area contributed by atoms with Crippen LogP contribution in [0.2, 0.25) is 0 Å². The van der Waals surface area contributed by atoms with E-state index in [1.165, 1.54) is 0 Å². The Balaban J connectivity index is 1.88. The number of hydrogen-bond donors (Lipinski definition) is 2. The molecule has 0 aromatic heterocycles. The standard InChI is InChI=1S/C13H15N3O3/c14-11(9-16-8-4-7-12(16)17)15-19-13(18)10-5-2-1-3-6-10/h1-3,5-6H,4,7-9H2,(H2,14,15)/p+1. The van der Waals surface area contributed by atoms with Crippen LogP contribution in [0.15, 0.2) is 30.3 Å². The molecule has 1 heterocycles. The van der Waals surface area contributed by atoms with Crippen LogP contribution in [0.1, 0.15) is 23.2 Å². The van der Waals surface area contributed by atoms with Gasteiger partial charge in [-0.2, -0.15) is 0 Å². The van der Waals surface area contributed by atoms with Crippen LogP contribution in [-0.2, 0) is 9.63 Å². The molecule has 0 atom stereocenters. The SMILES string of the molecule is NC(CN1CCCC1=O)=[NH+]OC(=O)c1ccccc1. The van der Waals surface area contributed by atoms with Gasteiger partial charge in [-0.3, -0.25) is 15.4 Å². The third-order valence-corrected chi connectivity index (χ3v) is 2.82. The van der Waals surface area contributed by atoms with E-state index in [9.17, 15) is 9.59 Å². The van der Waals surface area contributed by atoms with Crippen molar-refractivity contribution in [1.82, 2.24) is 4.90 Å². The van der Waals surface area contributed by atoms with Gasteiger partial charge in [-0.25, -0.2) is 4.79 Å². The molecule has 1 fully saturated rings. The lowest BCUT2D eigenvalue weighted by atomic mass is 10.2. The van der Waals surface area contributed by atoms with Crippen LogP contribution in [0.5, 0.6) is 0 Å². The lowest BCUT2D eigenvalue weighted by Gasteiger charge is -2.11. The number of hydrogen-bond acceptors (Lipinski definition) is 3. The summed E-state index contributed by atoms with van der Waals surface area (Å²) in [4.78, 5) is 29.5. The maximum atomic E-state index is 11.6. The molecule has 1 saturated heterocycles. The van der Waals surface area contributed by atoms with Gasteiger partial charge in [0.2, 0.25) is 5.91 Å². The predicted octanol–water partition coefficient (Wildman–Crippen LogP) is -1.18. The van der Waals surface area contributed by atoms with E-state index in [2.05, 4.69) is 5.16 Å². The zero-order valence-corrected chi connectivity index (χ0v) is 10.5. The molecule has 2 rings (SSSR count). The highest BCUT2D eigenvalue weighted by molar-refractivity contribution is 5.89. The molecule has 0 aliphatic carbocycles. The number of amides is 1. The highest BCUT2D eigenvalue weighted by atomic mass is 16.7. The Morgan fingerprint density at radius 1 is 1.37 bits per heavy atom. The molecule has 1 amide bonds. The van der Waals surface area contributed by atoms with Gasteiger partial charge < -0.3 is 4.90 Å². The lowest BCUT2D eigenvalue weighted by molar-refractivity contribution is -0.722. The topological polar surface area (TPSA) is 86.6 Å². The smallest absolute Gasteiger partial charge is 0.331 e. The zero-order valence-electron chi connectivity index (χ0n) is 10.5. The van der Waals surface area contributed by atoms with Gasteiger partial charge in [0.1, 0.15) is 6.54 Å². The van der Waals surface area contributed by atoms with Gasteiger partial charge in [-0.1, -0.05) is 23.4 Å². The molecule has 3 N–H and O–H groups in total. The van der Waals surface area contributed by atoms with E-state index in [1.807, 2.05) is 6.07 Å². The van der Waals surface area contributed by atoms with Gasteiger partial charge in [0, 0.05) is 13.0 Å². The highest BCUT2D eigenvalue weighted by Crippen LogP contribution is 2.07. The molecule has 100 valence electrons. The molecule has 0 spiro atoms. The Morgan fingerprint density at radius 3 is 2.74 bits per heavy atom. The lowest BCUT2D eigenvalue weighted by Crippen LogP contribution is -2.77. The molecule has 6 nitrogen and oxygen atoms in total. The minimum Gasteiger partial charge on any atom is -0.331 e. The fourth-order valence-electron chi connectivity index (χ4n) is 1.85. The van der Waals surface area contributed by atoms with E-state index in [4.69, 9.17) is 10.6 Å². The Hall–Kier alpha value is -2.37. The van der Waals surface area contributed by atoms with Crippen LogP contribution in [-0.4, -0.2) is 35.7 Å². The zero-order chi connectivity index (χ0) is 13.7. The van der Waals surface area contributed by atoms with Crippen molar-refractivity contribution in [3.63, 3.8) is 0 Å². The molecule has 19 heavy (non-hydrogen) atoms. The van der Waals surface area contributed by atoms with Gasteiger partial charge in [0.15, 0.2) is 0 Å². The quantitative estimate of drug-likeness (QED) is 0.309. The van der Waals surface area contributed by atoms with E-state index in [0.717, 1.165) is 6.42 Å². The molecule has 0 saturated carbocycles. The first-order valence-electron chi connectivity index (χ1n) is 6.08. The number of likely N-dealkylation sites (tertiary alicyclic amines) is 1. The van der Waals surface area contributed by atoms with Crippen molar-refractivity contribution < 1.29 is 19.6 Å². The Bertz CT molecular complexity index is 499. The summed E-state index contributed by atoms with van der Waals surface area (Å²) in [6, 6.07) is 8.58. The number of nitrogens with two attached hydrogens (primary N) is 1. The molecule has 1 aliphatic heterocycles. The molecule has 0 unspecified atom stereocenters. The van der Waals surface area contributed by atoms with E-state index < -0.39 is 5.97 Å². The molecular formula is C13H16N3O3+. The Labute approximate surface area is 110 Å². The molecule has 0 radical (unpaired) electrons. The summed E-state index contributed by atoms with van der Waals surface area (Å²) in [5, 5.41) is 2.38. The molecule has 0 bridgehead atoms. The van der Waals surface area contributed by atoms with Gasteiger partial charge in [0.05, 0.1) is 5.56 Å². The van der Waals surface area contributed by atoms with Crippen LogP contribution >= 0.6 is 0 Å². The van der Waals surface area contributed by atoms with Crippen LogP contribution in [0.25, 0.3) is 0 Å². The van der Waals surface area contributed by atoms with Crippen molar-refractivity contribution in [3.8, 4) is 0 Å². The third kappa shape index (κ3) is 3.54. The second-order valence-electron chi connectivity index (χ2n) is 4.30. The minimum atomic E-state index is -0.517.